The van der Waals surface area contributed by atoms with Gasteiger partial charge in [-0.3, -0.25) is 4.79 Å². The van der Waals surface area contributed by atoms with E-state index in [9.17, 15) is 4.79 Å². The second-order valence-electron chi connectivity index (χ2n) is 4.75. The van der Waals surface area contributed by atoms with Crippen LogP contribution < -0.4 is 5.32 Å². The van der Waals surface area contributed by atoms with E-state index in [1.54, 1.807) is 4.90 Å². The fourth-order valence-corrected chi connectivity index (χ4v) is 1.66. The average Bonchev–Trinajstić information content (AvgIpc) is 2.00. The first-order chi connectivity index (χ1) is 6.52. The average molecular weight is 198 g/mol. The van der Waals surface area contributed by atoms with E-state index in [1.165, 1.54) is 19.3 Å². The minimum absolute atomic E-state index is 0.00435. The van der Waals surface area contributed by atoms with Crippen molar-refractivity contribution < 1.29 is 4.79 Å². The van der Waals surface area contributed by atoms with Gasteiger partial charge in [-0.2, -0.15) is 0 Å². The first kappa shape index (κ1) is 11.5. The summed E-state index contributed by atoms with van der Waals surface area (Å²) in [6.07, 6.45) is 3.76. The molecule has 0 radical (unpaired) electrons. The number of nitrogens with one attached hydrogen (secondary N) is 1. The Bertz CT molecular complexity index is 197. The Labute approximate surface area is 86.9 Å². The third-order valence-corrected chi connectivity index (χ3v) is 2.89. The van der Waals surface area contributed by atoms with E-state index >= 15 is 0 Å². The monoisotopic (exact) mass is 198 g/mol. The molecule has 3 nitrogen and oxygen atoms in total. The SMILES string of the molecule is CC(C)C(NC1CCC1)C(=O)N(C)C. The normalized spacial score (nSPS) is 19.2. The van der Waals surface area contributed by atoms with Gasteiger partial charge in [0.15, 0.2) is 0 Å². The molecule has 1 rings (SSSR count). The third-order valence-electron chi connectivity index (χ3n) is 2.89. The van der Waals surface area contributed by atoms with Gasteiger partial charge in [-0.05, 0) is 18.8 Å². The Morgan fingerprint density at radius 3 is 2.21 bits per heavy atom. The lowest BCUT2D eigenvalue weighted by Gasteiger charge is -2.33. The van der Waals surface area contributed by atoms with Gasteiger partial charge in [0.25, 0.3) is 0 Å². The van der Waals surface area contributed by atoms with E-state index in [0.29, 0.717) is 12.0 Å². The zero-order valence-corrected chi connectivity index (χ0v) is 9.71. The van der Waals surface area contributed by atoms with Gasteiger partial charge < -0.3 is 10.2 Å². The van der Waals surface area contributed by atoms with E-state index in [4.69, 9.17) is 0 Å². The van der Waals surface area contributed by atoms with Crippen molar-refractivity contribution >= 4 is 5.91 Å². The summed E-state index contributed by atoms with van der Waals surface area (Å²) in [7, 11) is 3.64. The number of hydrogen-bond donors (Lipinski definition) is 1. The highest BCUT2D eigenvalue weighted by molar-refractivity contribution is 5.81. The van der Waals surface area contributed by atoms with Crippen molar-refractivity contribution in [1.82, 2.24) is 10.2 Å². The summed E-state index contributed by atoms with van der Waals surface area (Å²) in [6.45, 7) is 4.19. The highest BCUT2D eigenvalue weighted by Gasteiger charge is 2.28. The smallest absolute Gasteiger partial charge is 0.239 e. The molecule has 0 aromatic carbocycles. The minimum atomic E-state index is -0.00435. The Balaban J connectivity index is 2.49. The predicted octanol–water partition coefficient (Wildman–Crippen LogP) is 1.24. The van der Waals surface area contributed by atoms with E-state index < -0.39 is 0 Å². The van der Waals surface area contributed by atoms with Crippen LogP contribution in [-0.2, 0) is 4.79 Å². The molecule has 14 heavy (non-hydrogen) atoms. The highest BCUT2D eigenvalue weighted by Crippen LogP contribution is 2.20. The summed E-state index contributed by atoms with van der Waals surface area (Å²) in [6, 6.07) is 0.571. The number of amides is 1. The maximum absolute atomic E-state index is 11.8. The van der Waals surface area contributed by atoms with Crippen molar-refractivity contribution in [3.8, 4) is 0 Å². The van der Waals surface area contributed by atoms with Gasteiger partial charge in [0.05, 0.1) is 6.04 Å². The van der Waals surface area contributed by atoms with Crippen molar-refractivity contribution in [1.29, 1.82) is 0 Å². The molecule has 1 aliphatic carbocycles. The topological polar surface area (TPSA) is 32.3 Å². The first-order valence-corrected chi connectivity index (χ1v) is 5.49. The molecule has 0 saturated heterocycles. The Kier molecular flexibility index (Phi) is 3.93. The number of carbonyl (C=O) groups is 1. The second kappa shape index (κ2) is 4.78. The summed E-state index contributed by atoms with van der Waals surface area (Å²) in [5.74, 6) is 0.567. The fourth-order valence-electron chi connectivity index (χ4n) is 1.66. The third kappa shape index (κ3) is 2.71. The summed E-state index contributed by atoms with van der Waals surface area (Å²) in [4.78, 5) is 13.5. The lowest BCUT2D eigenvalue weighted by atomic mass is 9.90. The number of likely N-dealkylation sites (N-methyl/N-ethyl adjacent to an activating group) is 1. The van der Waals surface area contributed by atoms with Crippen molar-refractivity contribution in [2.45, 2.75) is 45.2 Å². The molecule has 82 valence electrons. The maximum Gasteiger partial charge on any atom is 0.239 e. The molecule has 1 N–H and O–H groups in total. The molecule has 1 aliphatic rings. The van der Waals surface area contributed by atoms with Gasteiger partial charge in [0, 0.05) is 20.1 Å². The van der Waals surface area contributed by atoms with Gasteiger partial charge in [-0.1, -0.05) is 20.3 Å². The fraction of sp³-hybridized carbons (Fsp3) is 0.909. The molecule has 1 saturated carbocycles. The zero-order chi connectivity index (χ0) is 10.7. The standard InChI is InChI=1S/C11H22N2O/c1-8(2)10(11(14)13(3)4)12-9-6-5-7-9/h8-10,12H,5-7H2,1-4H3. The van der Waals surface area contributed by atoms with E-state index in [-0.39, 0.29) is 11.9 Å². The number of nitrogens with zero attached hydrogens (tertiary/aromatic N) is 1. The number of carbonyl (C=O) groups excluding carboxylic acids is 1. The zero-order valence-electron chi connectivity index (χ0n) is 9.71. The van der Waals surface area contributed by atoms with Gasteiger partial charge in [0.1, 0.15) is 0 Å². The molecule has 0 aliphatic heterocycles. The quantitative estimate of drug-likeness (QED) is 0.737. The summed E-state index contributed by atoms with van der Waals surface area (Å²) < 4.78 is 0. The molecule has 3 heteroatoms. The molecule has 1 unspecified atom stereocenters. The van der Waals surface area contributed by atoms with Crippen molar-refractivity contribution in [2.24, 2.45) is 5.92 Å². The number of rotatable bonds is 4. The molecule has 0 bridgehead atoms. The van der Waals surface area contributed by atoms with E-state index in [1.807, 2.05) is 14.1 Å². The van der Waals surface area contributed by atoms with Crippen LogP contribution in [0.2, 0.25) is 0 Å². The van der Waals surface area contributed by atoms with Gasteiger partial charge in [-0.15, -0.1) is 0 Å². The van der Waals surface area contributed by atoms with Crippen LogP contribution in [0.25, 0.3) is 0 Å². The molecule has 0 heterocycles. The van der Waals surface area contributed by atoms with Crippen LogP contribution in [0.3, 0.4) is 0 Å². The van der Waals surface area contributed by atoms with E-state index in [2.05, 4.69) is 19.2 Å². The van der Waals surface area contributed by atoms with Crippen LogP contribution >= 0.6 is 0 Å². The van der Waals surface area contributed by atoms with Crippen LogP contribution in [0.5, 0.6) is 0 Å². The van der Waals surface area contributed by atoms with Crippen LogP contribution in [0.15, 0.2) is 0 Å². The molecule has 1 atom stereocenters. The molecular weight excluding hydrogens is 176 g/mol. The van der Waals surface area contributed by atoms with Crippen molar-refractivity contribution in [3.05, 3.63) is 0 Å². The van der Waals surface area contributed by atoms with Gasteiger partial charge in [0.2, 0.25) is 5.91 Å². The van der Waals surface area contributed by atoms with Crippen molar-refractivity contribution in [2.75, 3.05) is 14.1 Å². The molecule has 0 spiro atoms. The highest BCUT2D eigenvalue weighted by atomic mass is 16.2. The summed E-state index contributed by atoms with van der Waals surface area (Å²) in [5, 5.41) is 3.44. The maximum atomic E-state index is 11.8. The second-order valence-corrected chi connectivity index (χ2v) is 4.75. The van der Waals surface area contributed by atoms with Gasteiger partial charge >= 0.3 is 0 Å². The first-order valence-electron chi connectivity index (χ1n) is 5.49. The lowest BCUT2D eigenvalue weighted by Crippen LogP contribution is -2.52. The minimum Gasteiger partial charge on any atom is -0.347 e. The molecule has 0 aromatic rings. The van der Waals surface area contributed by atoms with Gasteiger partial charge in [-0.25, -0.2) is 0 Å². The Morgan fingerprint density at radius 2 is 1.93 bits per heavy atom. The largest absolute Gasteiger partial charge is 0.347 e. The molecule has 1 fully saturated rings. The van der Waals surface area contributed by atoms with Crippen LogP contribution in [-0.4, -0.2) is 37.0 Å². The molecular formula is C11H22N2O. The molecule has 1 amide bonds. The predicted molar refractivity (Wildman–Crippen MR) is 58.1 cm³/mol. The number of hydrogen-bond acceptors (Lipinski definition) is 2. The van der Waals surface area contributed by atoms with Crippen LogP contribution in [0, 0.1) is 5.92 Å². The van der Waals surface area contributed by atoms with Crippen molar-refractivity contribution in [3.63, 3.8) is 0 Å². The Hall–Kier alpha value is -0.570. The lowest BCUT2D eigenvalue weighted by molar-refractivity contribution is -0.132. The summed E-state index contributed by atoms with van der Waals surface area (Å²) >= 11 is 0. The van der Waals surface area contributed by atoms with Crippen LogP contribution in [0.4, 0.5) is 0 Å². The van der Waals surface area contributed by atoms with E-state index in [0.717, 1.165) is 0 Å². The van der Waals surface area contributed by atoms with Crippen LogP contribution in [0.1, 0.15) is 33.1 Å². The molecule has 0 aromatic heterocycles. The Morgan fingerprint density at radius 1 is 1.36 bits per heavy atom. The summed E-state index contributed by atoms with van der Waals surface area (Å²) in [5.41, 5.74) is 0.